The SMILES string of the molecule is CC[C@@]1(OC(=O)CCC(F)(F)CNC(=O)OCc2ccc(N(C(=O)[C@@H](N)C(C)C)[C@@H](CCCNC(N)=O)C(N)=O)cc2)C(=O)OCc2c1cc1n(c2=O)Cc2cc3c(Br)cccc3nc2-1. The Morgan fingerprint density at radius 1 is 1.06 bits per heavy atom. The Hall–Kier alpha value is -6.48. The molecule has 0 spiro atoms. The highest BCUT2D eigenvalue weighted by molar-refractivity contribution is 9.10. The molecule has 5 amide bonds. The summed E-state index contributed by atoms with van der Waals surface area (Å²) in [4.78, 5) is 96.1. The number of alkyl carbamates (subject to hydrolysis) is 1. The first-order valence-electron chi connectivity index (χ1n) is 20.8. The normalized spacial score (nSPS) is 16.1. The molecule has 4 heterocycles. The fourth-order valence-corrected chi connectivity index (χ4v) is 8.18. The van der Waals surface area contributed by atoms with Gasteiger partial charge < -0.3 is 46.6 Å². The average Bonchev–Trinajstić information content (AvgIpc) is 3.63. The highest BCUT2D eigenvalue weighted by Crippen LogP contribution is 2.42. The van der Waals surface area contributed by atoms with Crippen LogP contribution in [0.2, 0.25) is 0 Å². The van der Waals surface area contributed by atoms with Crippen molar-refractivity contribution in [1.29, 1.82) is 0 Å². The molecule has 0 saturated carbocycles. The smallest absolute Gasteiger partial charge is 0.407 e. The van der Waals surface area contributed by atoms with Gasteiger partial charge in [-0.1, -0.05) is 54.9 Å². The van der Waals surface area contributed by atoms with Crippen molar-refractivity contribution in [3.63, 3.8) is 0 Å². The van der Waals surface area contributed by atoms with Crippen LogP contribution in [0.5, 0.6) is 0 Å². The Morgan fingerprint density at radius 3 is 2.45 bits per heavy atom. The molecule has 0 bridgehead atoms. The molecule has 0 aliphatic carbocycles. The van der Waals surface area contributed by atoms with E-state index in [4.69, 9.17) is 36.4 Å². The Balaban J connectivity index is 1.06. The van der Waals surface area contributed by atoms with Gasteiger partial charge in [0, 0.05) is 39.6 Å². The second-order valence-electron chi connectivity index (χ2n) is 16.1. The molecule has 0 fully saturated rings. The van der Waals surface area contributed by atoms with E-state index in [0.29, 0.717) is 22.5 Å². The lowest BCUT2D eigenvalue weighted by atomic mass is 9.85. The summed E-state index contributed by atoms with van der Waals surface area (Å²) < 4.78 is 48.6. The number of ether oxygens (including phenoxy) is 3. The van der Waals surface area contributed by atoms with E-state index in [1.165, 1.54) is 33.7 Å². The Bertz CT molecular complexity index is 2590. The third-order valence-electron chi connectivity index (χ3n) is 11.4. The first-order valence-corrected chi connectivity index (χ1v) is 21.6. The number of primary amides is 2. The summed E-state index contributed by atoms with van der Waals surface area (Å²) >= 11 is 3.53. The highest BCUT2D eigenvalue weighted by Gasteiger charge is 2.50. The summed E-state index contributed by atoms with van der Waals surface area (Å²) in [6.45, 7) is 3.38. The van der Waals surface area contributed by atoms with Gasteiger partial charge in [0.15, 0.2) is 0 Å². The lowest BCUT2D eigenvalue weighted by Crippen LogP contribution is -2.55. The Labute approximate surface area is 379 Å². The molecule has 65 heavy (non-hydrogen) atoms. The van der Waals surface area contributed by atoms with Crippen LogP contribution < -0.4 is 38.3 Å². The average molecular weight is 968 g/mol. The minimum absolute atomic E-state index is 0.0700. The number of aromatic nitrogens is 2. The van der Waals surface area contributed by atoms with Gasteiger partial charge in [0.25, 0.3) is 11.5 Å². The molecule has 3 atom stereocenters. The number of halogens is 3. The summed E-state index contributed by atoms with van der Waals surface area (Å²) in [5, 5.41) is 5.23. The number of anilines is 1. The minimum atomic E-state index is -3.63. The number of fused-ring (bicyclic) bond motifs is 5. The number of pyridine rings is 2. The number of carbonyl (C=O) groups excluding carboxylic acids is 6. The molecule has 2 aromatic heterocycles. The molecule has 0 radical (unpaired) electrons. The van der Waals surface area contributed by atoms with Gasteiger partial charge in [-0.2, -0.15) is 0 Å². The maximum absolute atomic E-state index is 15.1. The summed E-state index contributed by atoms with van der Waals surface area (Å²) in [5.41, 5.74) is 17.6. The van der Waals surface area contributed by atoms with E-state index in [1.807, 2.05) is 29.6 Å². The maximum Gasteiger partial charge on any atom is 0.407 e. The first-order chi connectivity index (χ1) is 30.8. The molecule has 2 aromatic carbocycles. The molecule has 8 N–H and O–H groups in total. The van der Waals surface area contributed by atoms with Crippen LogP contribution in [0.4, 0.5) is 24.1 Å². The fraction of sp³-hybridized carbons (Fsp3) is 0.409. The maximum atomic E-state index is 15.1. The zero-order valence-corrected chi connectivity index (χ0v) is 37.4. The number of hydrogen-bond acceptors (Lipinski definition) is 12. The highest BCUT2D eigenvalue weighted by atomic mass is 79.9. The first kappa shape index (κ1) is 48.0. The second kappa shape index (κ2) is 19.7. The molecular weight excluding hydrogens is 918 g/mol. The van der Waals surface area contributed by atoms with Crippen molar-refractivity contribution in [2.75, 3.05) is 18.0 Å². The molecule has 4 aromatic rings. The topological polar surface area (TPSA) is 270 Å². The van der Waals surface area contributed by atoms with Crippen LogP contribution >= 0.6 is 15.9 Å². The van der Waals surface area contributed by atoms with Gasteiger partial charge in [-0.15, -0.1) is 0 Å². The fourth-order valence-electron chi connectivity index (χ4n) is 7.71. The van der Waals surface area contributed by atoms with Crippen molar-refractivity contribution in [2.24, 2.45) is 23.1 Å². The van der Waals surface area contributed by atoms with Crippen molar-refractivity contribution in [2.45, 2.75) is 96.2 Å². The molecule has 0 saturated heterocycles. The van der Waals surface area contributed by atoms with E-state index < -0.39 is 84.4 Å². The third kappa shape index (κ3) is 10.4. The molecule has 2 aliphatic rings. The van der Waals surface area contributed by atoms with Gasteiger partial charge in [-0.3, -0.25) is 24.1 Å². The number of esters is 2. The van der Waals surface area contributed by atoms with Crippen molar-refractivity contribution >= 4 is 68.4 Å². The van der Waals surface area contributed by atoms with Gasteiger partial charge in [-0.05, 0) is 67.1 Å². The molecule has 6 rings (SSSR count). The summed E-state index contributed by atoms with van der Waals surface area (Å²) in [5.74, 6) is -7.43. The minimum Gasteiger partial charge on any atom is -0.457 e. The molecule has 18 nitrogen and oxygen atoms in total. The number of nitrogens with one attached hydrogen (secondary N) is 2. The van der Waals surface area contributed by atoms with Crippen LogP contribution in [0, 0.1) is 5.92 Å². The van der Waals surface area contributed by atoms with E-state index in [-0.39, 0.29) is 68.3 Å². The van der Waals surface area contributed by atoms with Crippen LogP contribution in [0.1, 0.15) is 75.1 Å². The van der Waals surface area contributed by atoms with E-state index in [2.05, 4.69) is 21.2 Å². The van der Waals surface area contributed by atoms with E-state index in [0.717, 1.165) is 15.4 Å². The van der Waals surface area contributed by atoms with Gasteiger partial charge in [0.1, 0.15) is 19.3 Å². The number of alkyl halides is 2. The van der Waals surface area contributed by atoms with Crippen LogP contribution in [-0.2, 0) is 58.7 Å². The summed E-state index contributed by atoms with van der Waals surface area (Å²) in [6, 6.07) is 12.0. The molecule has 0 unspecified atom stereocenters. The van der Waals surface area contributed by atoms with E-state index in [9.17, 15) is 33.6 Å². The third-order valence-corrected chi connectivity index (χ3v) is 12.1. The molecule has 21 heteroatoms. The standard InChI is InChI=1S/C44H49BrF2N8O10/c1-4-44(29-18-33-36-25(17-27-30(45)7-5-8-31(27)53-36)19-54(33)38(58)28(29)21-63-40(44)60)65-34(56)14-15-43(46,47)22-52-42(62)64-20-24-10-12-26(13-11-24)55(39(59)35(48)23(2)3)32(37(49)57)9-6-16-51-41(50)61/h5,7-8,10-13,17-18,23,32,35H,4,6,9,14-16,19-22,48H2,1-3H3,(H2,49,57)(H,52,62)(H3,50,51,61)/t32-,35-,44-/m0/s1. The molecule has 346 valence electrons. The summed E-state index contributed by atoms with van der Waals surface area (Å²) in [6.07, 6.45) is -2.98. The number of amides is 5. The van der Waals surface area contributed by atoms with Crippen molar-refractivity contribution < 1.29 is 51.8 Å². The van der Waals surface area contributed by atoms with Gasteiger partial charge in [0.05, 0.1) is 48.0 Å². The van der Waals surface area contributed by atoms with Crippen molar-refractivity contribution in [3.8, 4) is 11.4 Å². The van der Waals surface area contributed by atoms with Crippen molar-refractivity contribution in [3.05, 3.63) is 91.7 Å². The Kier molecular flexibility index (Phi) is 14.6. The summed E-state index contributed by atoms with van der Waals surface area (Å²) in [7, 11) is 0. The monoisotopic (exact) mass is 966 g/mol. The van der Waals surface area contributed by atoms with Crippen LogP contribution in [0.25, 0.3) is 22.3 Å². The lowest BCUT2D eigenvalue weighted by Gasteiger charge is -2.35. The number of rotatable bonds is 18. The predicted molar refractivity (Wildman–Crippen MR) is 235 cm³/mol. The number of nitrogens with zero attached hydrogens (tertiary/aromatic N) is 3. The van der Waals surface area contributed by atoms with Crippen LogP contribution in [0.15, 0.2) is 63.9 Å². The Morgan fingerprint density at radius 2 is 1.78 bits per heavy atom. The van der Waals surface area contributed by atoms with Crippen LogP contribution in [-0.4, -0.2) is 76.5 Å². The van der Waals surface area contributed by atoms with Gasteiger partial charge >= 0.3 is 24.1 Å². The molecule has 2 aliphatic heterocycles. The van der Waals surface area contributed by atoms with E-state index in [1.54, 1.807) is 26.8 Å². The largest absolute Gasteiger partial charge is 0.457 e. The zero-order chi connectivity index (χ0) is 47.4. The number of benzene rings is 2. The quantitative estimate of drug-likeness (QED) is 0.0466. The van der Waals surface area contributed by atoms with Gasteiger partial charge in [0.2, 0.25) is 17.4 Å². The van der Waals surface area contributed by atoms with Crippen molar-refractivity contribution in [1.82, 2.24) is 20.2 Å². The lowest BCUT2D eigenvalue weighted by molar-refractivity contribution is -0.190. The van der Waals surface area contributed by atoms with Gasteiger partial charge in [-0.25, -0.2) is 28.1 Å². The number of nitrogens with two attached hydrogens (primary N) is 3. The van der Waals surface area contributed by atoms with Crippen LogP contribution in [0.3, 0.4) is 0 Å². The number of urea groups is 1. The second-order valence-corrected chi connectivity index (χ2v) is 17.0. The van der Waals surface area contributed by atoms with E-state index >= 15 is 8.78 Å². The number of cyclic esters (lactones) is 1. The predicted octanol–water partition coefficient (Wildman–Crippen LogP) is 4.35. The number of carbonyl (C=O) groups is 6. The number of hydrogen-bond donors (Lipinski definition) is 5. The molecular formula is C44H49BrF2N8O10. The zero-order valence-electron chi connectivity index (χ0n) is 35.8.